The van der Waals surface area contributed by atoms with Crippen molar-refractivity contribution in [3.8, 4) is 34.3 Å². The lowest BCUT2D eigenvalue weighted by Crippen LogP contribution is -2.28. The molecule has 2 atom stereocenters. The maximum absolute atomic E-state index is 6.03. The first-order valence-electron chi connectivity index (χ1n) is 16.0. The van der Waals surface area contributed by atoms with Gasteiger partial charge in [-0.3, -0.25) is 0 Å². The molecule has 2 aliphatic heterocycles. The van der Waals surface area contributed by atoms with Crippen molar-refractivity contribution < 1.29 is 9.47 Å². The van der Waals surface area contributed by atoms with Gasteiger partial charge >= 0.3 is 0 Å². The van der Waals surface area contributed by atoms with Crippen LogP contribution in [0.2, 0.25) is 0 Å². The van der Waals surface area contributed by atoms with Crippen molar-refractivity contribution in [3.63, 3.8) is 0 Å². The van der Waals surface area contributed by atoms with E-state index in [0.29, 0.717) is 13.2 Å². The number of aromatic nitrogens is 6. The zero-order valence-electron chi connectivity index (χ0n) is 26.1. The van der Waals surface area contributed by atoms with Gasteiger partial charge in [-0.05, 0) is 48.2 Å². The van der Waals surface area contributed by atoms with Gasteiger partial charge in [0, 0.05) is 22.6 Å². The van der Waals surface area contributed by atoms with Crippen LogP contribution in [0.15, 0.2) is 120 Å². The monoisotopic (exact) mass is 674 g/mol. The first-order valence-corrected chi connectivity index (χ1v) is 18.0. The molecule has 0 amide bonds. The number of ether oxygens (including phenoxy) is 2. The molecule has 8 rings (SSSR count). The minimum absolute atomic E-state index is 0.147. The van der Waals surface area contributed by atoms with E-state index in [1.165, 1.54) is 11.1 Å². The predicted molar refractivity (Wildman–Crippen MR) is 190 cm³/mol. The fourth-order valence-electron chi connectivity index (χ4n) is 5.73. The summed E-state index contributed by atoms with van der Waals surface area (Å²) in [6.07, 6.45) is 1.82. The third kappa shape index (κ3) is 6.58. The standard InChI is InChI=1S/C36H34N8O2S2/c1-3-9-27(10-4-1)33-37-39-35-43(33)41-31(23-47-35)25-13-17-29(18-14-25)45-21-7-8-22-46-30-19-15-26(16-20-30)32-24-48-36-40-38-34(44(36)42-32)28-11-5-2-6-12-28/h1-6,9-20,31-32,41-42H,7-8,21-24H2. The van der Waals surface area contributed by atoms with Gasteiger partial charge in [-0.25, -0.2) is 9.35 Å². The molecule has 48 heavy (non-hydrogen) atoms. The average Bonchev–Trinajstić information content (AvgIpc) is 3.78. The summed E-state index contributed by atoms with van der Waals surface area (Å²) in [5.41, 5.74) is 11.7. The molecule has 4 heterocycles. The van der Waals surface area contributed by atoms with Crippen molar-refractivity contribution in [2.24, 2.45) is 0 Å². The SMILES string of the molecule is c1ccc(-c2nnc3n2NC(c2ccc(OCCCCOc4ccc(C5CSc6nnc(-c7ccccc7)n6N5)cc4)cc2)CS3)cc1. The Morgan fingerprint density at radius 1 is 0.542 bits per heavy atom. The Hall–Kier alpha value is -4.94. The average molecular weight is 675 g/mol. The highest BCUT2D eigenvalue weighted by atomic mass is 32.2. The smallest absolute Gasteiger partial charge is 0.210 e. The summed E-state index contributed by atoms with van der Waals surface area (Å²) in [5.74, 6) is 5.16. The summed E-state index contributed by atoms with van der Waals surface area (Å²) in [6.45, 7) is 1.29. The molecule has 4 aromatic carbocycles. The maximum atomic E-state index is 6.03. The van der Waals surface area contributed by atoms with Gasteiger partial charge in [-0.1, -0.05) is 108 Å². The Labute approximate surface area is 287 Å². The molecule has 0 aliphatic carbocycles. The molecular formula is C36H34N8O2S2. The molecule has 6 aromatic rings. The van der Waals surface area contributed by atoms with Crippen LogP contribution >= 0.6 is 23.5 Å². The Kier molecular flexibility index (Phi) is 8.89. The van der Waals surface area contributed by atoms with Crippen LogP contribution in [0.3, 0.4) is 0 Å². The number of hydrogen-bond acceptors (Lipinski definition) is 10. The van der Waals surface area contributed by atoms with Crippen molar-refractivity contribution in [2.75, 3.05) is 35.6 Å². The number of benzene rings is 4. The van der Waals surface area contributed by atoms with Crippen molar-refractivity contribution in [2.45, 2.75) is 35.2 Å². The molecule has 0 radical (unpaired) electrons. The van der Waals surface area contributed by atoms with Gasteiger partial charge in [0.1, 0.15) is 11.5 Å². The van der Waals surface area contributed by atoms with Gasteiger partial charge in [0.15, 0.2) is 11.6 Å². The molecule has 2 N–H and O–H groups in total. The topological polar surface area (TPSA) is 104 Å². The van der Waals surface area contributed by atoms with Gasteiger partial charge in [-0.15, -0.1) is 20.4 Å². The third-order valence-electron chi connectivity index (χ3n) is 8.30. The number of fused-ring (bicyclic) bond motifs is 2. The van der Waals surface area contributed by atoms with Gasteiger partial charge in [0.2, 0.25) is 10.3 Å². The normalized spacial score (nSPS) is 16.7. The molecule has 12 heteroatoms. The van der Waals surface area contributed by atoms with E-state index in [9.17, 15) is 0 Å². The number of nitrogens with one attached hydrogen (secondary N) is 2. The van der Waals surface area contributed by atoms with Crippen molar-refractivity contribution >= 4 is 23.5 Å². The third-order valence-corrected chi connectivity index (χ3v) is 10.3. The Morgan fingerprint density at radius 2 is 0.958 bits per heavy atom. The maximum Gasteiger partial charge on any atom is 0.210 e. The lowest BCUT2D eigenvalue weighted by Gasteiger charge is -2.26. The second-order valence-electron chi connectivity index (χ2n) is 11.5. The molecule has 2 aromatic heterocycles. The van der Waals surface area contributed by atoms with Crippen molar-refractivity contribution in [1.29, 1.82) is 0 Å². The molecule has 242 valence electrons. The molecule has 10 nitrogen and oxygen atoms in total. The number of nitrogens with zero attached hydrogens (tertiary/aromatic N) is 6. The highest BCUT2D eigenvalue weighted by molar-refractivity contribution is 7.99. The quantitative estimate of drug-likeness (QED) is 0.137. The van der Waals surface area contributed by atoms with Crippen LogP contribution in [0.5, 0.6) is 11.5 Å². The zero-order valence-corrected chi connectivity index (χ0v) is 27.7. The first-order chi connectivity index (χ1) is 23.8. The number of rotatable bonds is 11. The van der Waals surface area contributed by atoms with Crippen LogP contribution in [0, 0.1) is 0 Å². The number of unbranched alkanes of at least 4 members (excludes halogenated alkanes) is 1. The fourth-order valence-corrected chi connectivity index (χ4v) is 7.63. The van der Waals surface area contributed by atoms with E-state index < -0.39 is 0 Å². The van der Waals surface area contributed by atoms with E-state index in [2.05, 4.69) is 55.5 Å². The zero-order chi connectivity index (χ0) is 32.1. The van der Waals surface area contributed by atoms with E-state index >= 15 is 0 Å². The second kappa shape index (κ2) is 14.0. The molecular weight excluding hydrogens is 641 g/mol. The highest BCUT2D eigenvalue weighted by Gasteiger charge is 2.26. The second-order valence-corrected chi connectivity index (χ2v) is 13.5. The molecule has 0 spiro atoms. The van der Waals surface area contributed by atoms with Gasteiger partial charge in [0.25, 0.3) is 0 Å². The largest absolute Gasteiger partial charge is 0.494 e. The van der Waals surface area contributed by atoms with Crippen LogP contribution in [0.1, 0.15) is 36.1 Å². The lowest BCUT2D eigenvalue weighted by molar-refractivity contribution is 0.266. The fraction of sp³-hybridized carbons (Fsp3) is 0.222. The summed E-state index contributed by atoms with van der Waals surface area (Å²) >= 11 is 3.42. The Balaban J connectivity index is 0.773. The lowest BCUT2D eigenvalue weighted by atomic mass is 10.1. The van der Waals surface area contributed by atoms with Gasteiger partial charge < -0.3 is 20.3 Å². The summed E-state index contributed by atoms with van der Waals surface area (Å²) in [4.78, 5) is 0. The van der Waals surface area contributed by atoms with Crippen LogP contribution in [0.4, 0.5) is 0 Å². The Bertz CT molecular complexity index is 1810. The first kappa shape index (κ1) is 30.4. The minimum atomic E-state index is 0.147. The summed E-state index contributed by atoms with van der Waals surface area (Å²) in [7, 11) is 0. The van der Waals surface area contributed by atoms with Crippen LogP contribution in [-0.2, 0) is 0 Å². The van der Waals surface area contributed by atoms with Crippen molar-refractivity contribution in [1.82, 2.24) is 29.7 Å². The van der Waals surface area contributed by atoms with E-state index in [4.69, 9.17) is 9.47 Å². The van der Waals surface area contributed by atoms with Crippen molar-refractivity contribution in [3.05, 3.63) is 120 Å². The van der Waals surface area contributed by atoms with Crippen LogP contribution < -0.4 is 20.3 Å². The number of thioether (sulfide) groups is 2. The van der Waals surface area contributed by atoms with Gasteiger partial charge in [-0.2, -0.15) is 0 Å². The summed E-state index contributed by atoms with van der Waals surface area (Å²) in [5, 5.41) is 19.3. The molecule has 0 saturated heterocycles. The van der Waals surface area contributed by atoms with E-state index in [1.54, 1.807) is 23.5 Å². The summed E-state index contributed by atoms with van der Waals surface area (Å²) in [6, 6.07) is 37.3. The molecule has 2 aliphatic rings. The molecule has 0 saturated carbocycles. The van der Waals surface area contributed by atoms with E-state index in [0.717, 1.165) is 68.9 Å². The molecule has 2 unspecified atom stereocenters. The minimum Gasteiger partial charge on any atom is -0.494 e. The van der Waals surface area contributed by atoms with Crippen LogP contribution in [-0.4, -0.2) is 54.5 Å². The summed E-state index contributed by atoms with van der Waals surface area (Å²) < 4.78 is 16.1. The van der Waals surface area contributed by atoms with Crippen LogP contribution in [0.25, 0.3) is 22.8 Å². The van der Waals surface area contributed by atoms with E-state index in [-0.39, 0.29) is 12.1 Å². The Morgan fingerprint density at radius 3 is 1.38 bits per heavy atom. The molecule has 0 fully saturated rings. The van der Waals surface area contributed by atoms with E-state index in [1.807, 2.05) is 94.3 Å². The highest BCUT2D eigenvalue weighted by Crippen LogP contribution is 2.34. The van der Waals surface area contributed by atoms with Gasteiger partial charge in [0.05, 0.1) is 25.3 Å². The molecule has 0 bridgehead atoms. The predicted octanol–water partition coefficient (Wildman–Crippen LogP) is 7.22. The number of hydrogen-bond donors (Lipinski definition) is 2.